The Balaban J connectivity index is 1.57. The molecule has 5 nitrogen and oxygen atoms in total. The molecule has 0 aliphatic carbocycles. The van der Waals surface area contributed by atoms with E-state index < -0.39 is 0 Å². The maximum atomic E-state index is 12.2. The van der Waals surface area contributed by atoms with E-state index in [0.717, 1.165) is 49.0 Å². The number of amides is 1. The van der Waals surface area contributed by atoms with Crippen molar-refractivity contribution < 1.29 is 14.3 Å². The highest BCUT2D eigenvalue weighted by Gasteiger charge is 2.11. The minimum Gasteiger partial charge on any atom is -0.497 e. The first kappa shape index (κ1) is 16.3. The third-order valence-corrected chi connectivity index (χ3v) is 4.03. The molecule has 0 unspecified atom stereocenters. The molecule has 1 N–H and O–H groups in total. The third-order valence-electron chi connectivity index (χ3n) is 4.03. The fourth-order valence-corrected chi connectivity index (χ4v) is 2.75. The van der Waals surface area contributed by atoms with E-state index >= 15 is 0 Å². The van der Waals surface area contributed by atoms with Crippen LogP contribution < -0.4 is 15.0 Å². The Kier molecular flexibility index (Phi) is 5.33. The van der Waals surface area contributed by atoms with Gasteiger partial charge in [0.1, 0.15) is 5.75 Å². The first-order valence-corrected chi connectivity index (χ1v) is 8.10. The summed E-state index contributed by atoms with van der Waals surface area (Å²) in [5, 5.41) is 2.94. The van der Waals surface area contributed by atoms with Gasteiger partial charge >= 0.3 is 0 Å². The molecule has 1 amide bonds. The summed E-state index contributed by atoms with van der Waals surface area (Å²) in [5.41, 5.74) is 2.89. The molecule has 0 bridgehead atoms. The summed E-state index contributed by atoms with van der Waals surface area (Å²) < 4.78 is 10.5. The van der Waals surface area contributed by atoms with Crippen LogP contribution in [0.4, 0.5) is 11.4 Å². The maximum Gasteiger partial charge on any atom is 0.228 e. The number of nitrogens with zero attached hydrogens (tertiary/aromatic N) is 1. The van der Waals surface area contributed by atoms with Gasteiger partial charge in [-0.1, -0.05) is 12.1 Å². The van der Waals surface area contributed by atoms with Gasteiger partial charge in [-0.05, 0) is 42.0 Å². The number of anilines is 2. The Hall–Kier alpha value is -2.53. The molecular weight excluding hydrogens is 304 g/mol. The van der Waals surface area contributed by atoms with Crippen molar-refractivity contribution in [3.63, 3.8) is 0 Å². The van der Waals surface area contributed by atoms with Crippen molar-refractivity contribution >= 4 is 17.3 Å². The molecule has 126 valence electrons. The zero-order chi connectivity index (χ0) is 16.8. The number of benzene rings is 2. The van der Waals surface area contributed by atoms with Crippen molar-refractivity contribution in [2.45, 2.75) is 6.42 Å². The molecule has 1 aliphatic rings. The quantitative estimate of drug-likeness (QED) is 0.918. The lowest BCUT2D eigenvalue weighted by Gasteiger charge is -2.28. The minimum absolute atomic E-state index is 0.0395. The Morgan fingerprint density at radius 1 is 1.17 bits per heavy atom. The second-order valence-corrected chi connectivity index (χ2v) is 5.72. The number of ether oxygens (including phenoxy) is 2. The average Bonchev–Trinajstić information content (AvgIpc) is 2.63. The van der Waals surface area contributed by atoms with E-state index in [-0.39, 0.29) is 5.91 Å². The van der Waals surface area contributed by atoms with Gasteiger partial charge in [0.05, 0.1) is 26.7 Å². The molecule has 1 aliphatic heterocycles. The van der Waals surface area contributed by atoms with Crippen LogP contribution in [0, 0.1) is 0 Å². The largest absolute Gasteiger partial charge is 0.497 e. The van der Waals surface area contributed by atoms with Gasteiger partial charge in [0.15, 0.2) is 0 Å². The number of methoxy groups -OCH3 is 1. The summed E-state index contributed by atoms with van der Waals surface area (Å²) in [5.74, 6) is 0.720. The Bertz CT molecular complexity index is 679. The first-order chi connectivity index (χ1) is 11.7. The zero-order valence-corrected chi connectivity index (χ0v) is 13.8. The number of carbonyl (C=O) groups is 1. The standard InChI is InChI=1S/C19H22N2O3/c1-23-18-4-2-3-15(13-18)14-19(22)20-16-5-7-17(8-6-16)21-9-11-24-12-10-21/h2-8,13H,9-12,14H2,1H3,(H,20,22). The fourth-order valence-electron chi connectivity index (χ4n) is 2.75. The summed E-state index contributed by atoms with van der Waals surface area (Å²) >= 11 is 0. The van der Waals surface area contributed by atoms with E-state index in [4.69, 9.17) is 9.47 Å². The van der Waals surface area contributed by atoms with Crippen molar-refractivity contribution in [2.24, 2.45) is 0 Å². The summed E-state index contributed by atoms with van der Waals surface area (Å²) in [6, 6.07) is 15.5. The van der Waals surface area contributed by atoms with Crippen LogP contribution in [-0.2, 0) is 16.0 Å². The molecule has 5 heteroatoms. The number of carbonyl (C=O) groups excluding carboxylic acids is 1. The number of nitrogens with one attached hydrogen (secondary N) is 1. The molecule has 0 saturated carbocycles. The molecule has 1 saturated heterocycles. The van der Waals surface area contributed by atoms with Gasteiger partial charge in [-0.15, -0.1) is 0 Å². The van der Waals surface area contributed by atoms with Crippen molar-refractivity contribution in [3.8, 4) is 5.75 Å². The molecule has 2 aromatic carbocycles. The molecule has 0 aromatic heterocycles. The van der Waals surface area contributed by atoms with E-state index in [1.807, 2.05) is 48.5 Å². The van der Waals surface area contributed by atoms with E-state index in [0.29, 0.717) is 6.42 Å². The van der Waals surface area contributed by atoms with Crippen LogP contribution in [0.25, 0.3) is 0 Å². The molecule has 0 atom stereocenters. The van der Waals surface area contributed by atoms with E-state index in [2.05, 4.69) is 10.2 Å². The number of morpholine rings is 1. The molecule has 1 heterocycles. The normalized spacial score (nSPS) is 14.3. The lowest BCUT2D eigenvalue weighted by Crippen LogP contribution is -2.36. The van der Waals surface area contributed by atoms with Gasteiger partial charge in [0.25, 0.3) is 0 Å². The van der Waals surface area contributed by atoms with E-state index in [1.165, 1.54) is 0 Å². The molecule has 1 fully saturated rings. The summed E-state index contributed by atoms with van der Waals surface area (Å²) in [6.45, 7) is 3.33. The molecule has 3 rings (SSSR count). The first-order valence-electron chi connectivity index (χ1n) is 8.10. The van der Waals surface area contributed by atoms with Crippen LogP contribution in [0.2, 0.25) is 0 Å². The minimum atomic E-state index is -0.0395. The van der Waals surface area contributed by atoms with Gasteiger partial charge in [-0.25, -0.2) is 0 Å². The van der Waals surface area contributed by atoms with Crippen molar-refractivity contribution in [1.82, 2.24) is 0 Å². The number of rotatable bonds is 5. The predicted octanol–water partition coefficient (Wildman–Crippen LogP) is 2.71. The fraction of sp³-hybridized carbons (Fsp3) is 0.316. The maximum absolute atomic E-state index is 12.2. The van der Waals surface area contributed by atoms with Crippen LogP contribution in [0.3, 0.4) is 0 Å². The predicted molar refractivity (Wildman–Crippen MR) is 94.8 cm³/mol. The van der Waals surface area contributed by atoms with Gasteiger partial charge < -0.3 is 19.7 Å². The van der Waals surface area contributed by atoms with Crippen LogP contribution in [0.1, 0.15) is 5.56 Å². The number of hydrogen-bond acceptors (Lipinski definition) is 4. The molecule has 2 aromatic rings. The monoisotopic (exact) mass is 326 g/mol. The Labute approximate surface area is 142 Å². The van der Waals surface area contributed by atoms with Crippen LogP contribution in [0.15, 0.2) is 48.5 Å². The lowest BCUT2D eigenvalue weighted by atomic mass is 10.1. The highest BCUT2D eigenvalue weighted by atomic mass is 16.5. The summed E-state index contributed by atoms with van der Waals surface area (Å²) in [7, 11) is 1.62. The number of hydrogen-bond donors (Lipinski definition) is 1. The lowest BCUT2D eigenvalue weighted by molar-refractivity contribution is -0.115. The second kappa shape index (κ2) is 7.84. The summed E-state index contributed by atoms with van der Waals surface area (Å²) in [4.78, 5) is 14.5. The SMILES string of the molecule is COc1cccc(CC(=O)Nc2ccc(N3CCOCC3)cc2)c1. The summed E-state index contributed by atoms with van der Waals surface area (Å²) in [6.07, 6.45) is 0.322. The Morgan fingerprint density at radius 3 is 2.62 bits per heavy atom. The van der Waals surface area contributed by atoms with E-state index in [9.17, 15) is 4.79 Å². The van der Waals surface area contributed by atoms with Crippen molar-refractivity contribution in [1.29, 1.82) is 0 Å². The molecular formula is C19H22N2O3. The average molecular weight is 326 g/mol. The topological polar surface area (TPSA) is 50.8 Å². The Morgan fingerprint density at radius 2 is 1.92 bits per heavy atom. The van der Waals surface area contributed by atoms with Crippen LogP contribution >= 0.6 is 0 Å². The highest BCUT2D eigenvalue weighted by molar-refractivity contribution is 5.92. The molecule has 0 spiro atoms. The van der Waals surface area contributed by atoms with Crippen molar-refractivity contribution in [3.05, 3.63) is 54.1 Å². The van der Waals surface area contributed by atoms with Gasteiger partial charge in [-0.3, -0.25) is 4.79 Å². The van der Waals surface area contributed by atoms with Crippen molar-refractivity contribution in [2.75, 3.05) is 43.6 Å². The van der Waals surface area contributed by atoms with Crippen LogP contribution in [0.5, 0.6) is 5.75 Å². The zero-order valence-electron chi connectivity index (χ0n) is 13.8. The second-order valence-electron chi connectivity index (χ2n) is 5.72. The highest BCUT2D eigenvalue weighted by Crippen LogP contribution is 2.19. The van der Waals surface area contributed by atoms with Gasteiger partial charge in [0, 0.05) is 24.5 Å². The third kappa shape index (κ3) is 4.26. The molecule has 24 heavy (non-hydrogen) atoms. The molecule has 0 radical (unpaired) electrons. The van der Waals surface area contributed by atoms with Gasteiger partial charge in [0.2, 0.25) is 5.91 Å². The smallest absolute Gasteiger partial charge is 0.228 e. The van der Waals surface area contributed by atoms with Gasteiger partial charge in [-0.2, -0.15) is 0 Å². The van der Waals surface area contributed by atoms with Crippen LogP contribution in [-0.4, -0.2) is 39.3 Å². The van der Waals surface area contributed by atoms with E-state index in [1.54, 1.807) is 7.11 Å².